The lowest BCUT2D eigenvalue weighted by Crippen LogP contribution is -2.01. The highest BCUT2D eigenvalue weighted by Gasteiger charge is 1.97. The van der Waals surface area contributed by atoms with E-state index >= 15 is 0 Å². The Balaban J connectivity index is 2.48. The Bertz CT molecular complexity index is 162. The minimum Gasteiger partial charge on any atom is -0.335 e. The number of hydrogen-bond acceptors (Lipinski definition) is 3. The molecule has 0 aliphatic carbocycles. The van der Waals surface area contributed by atoms with Crippen molar-refractivity contribution in [2.75, 3.05) is 0 Å². The Morgan fingerprint density at radius 1 is 1.22 bits per heavy atom. The van der Waals surface area contributed by atoms with Gasteiger partial charge in [0.25, 0.3) is 0 Å². The molecular weight excluding hydrogens is 141 g/mol. The van der Waals surface area contributed by atoms with Gasteiger partial charge in [-0.1, -0.05) is 0 Å². The van der Waals surface area contributed by atoms with E-state index in [-0.39, 0.29) is 0 Å². The van der Waals surface area contributed by atoms with Gasteiger partial charge in [-0.2, -0.15) is 4.73 Å². The van der Waals surface area contributed by atoms with Crippen LogP contribution in [0.2, 0.25) is 0 Å². The van der Waals surface area contributed by atoms with Crippen LogP contribution in [0.3, 0.4) is 0 Å². The summed E-state index contributed by atoms with van der Waals surface area (Å²) in [5, 5.41) is 0. The topological polar surface area (TPSA) is 54.6 Å². The van der Waals surface area contributed by atoms with Crippen LogP contribution in [0.25, 0.3) is 0 Å². The average molecular weight is 147 g/mol. The van der Waals surface area contributed by atoms with Crippen LogP contribution in [-0.2, 0) is 0 Å². The molecule has 5 heteroatoms. The molecule has 0 fully saturated rings. The Kier molecular flexibility index (Phi) is 2.05. The molecule has 0 aliphatic heterocycles. The van der Waals surface area contributed by atoms with Gasteiger partial charge in [0, 0.05) is 12.4 Å². The molecule has 0 aromatic carbocycles. The van der Waals surface area contributed by atoms with E-state index in [0.717, 1.165) is 0 Å². The van der Waals surface area contributed by atoms with Crippen LogP contribution in [0, 0.1) is 0 Å². The van der Waals surface area contributed by atoms with E-state index in [9.17, 15) is 0 Å². The largest absolute Gasteiger partial charge is 0.412 e. The van der Waals surface area contributed by atoms with Crippen LogP contribution >= 0.6 is 8.60 Å². The molecule has 0 bridgehead atoms. The van der Waals surface area contributed by atoms with Crippen LogP contribution in [-0.4, -0.2) is 14.5 Å². The molecule has 4 nitrogen and oxygen atoms in total. The molecule has 0 amide bonds. The van der Waals surface area contributed by atoms with Crippen LogP contribution in [0.4, 0.5) is 0 Å². The summed E-state index contributed by atoms with van der Waals surface area (Å²) in [7, 11) is -2.29. The second-order valence-electron chi connectivity index (χ2n) is 1.38. The Morgan fingerprint density at radius 3 is 2.22 bits per heavy atom. The third-order valence-corrected chi connectivity index (χ3v) is 1.08. The van der Waals surface area contributed by atoms with Gasteiger partial charge in [-0.15, -0.1) is 0 Å². The normalized spacial score (nSPS) is 10.1. The lowest BCUT2D eigenvalue weighted by Gasteiger charge is -2.03. The standard InChI is InChI=1S/C4H6NO3P/c6-9(7)8-5-3-1-2-4-5/h1-4,6-7H. The van der Waals surface area contributed by atoms with Crippen molar-refractivity contribution in [1.29, 1.82) is 0 Å². The van der Waals surface area contributed by atoms with Crippen molar-refractivity contribution in [3.05, 3.63) is 24.5 Å². The van der Waals surface area contributed by atoms with Crippen molar-refractivity contribution < 1.29 is 14.4 Å². The summed E-state index contributed by atoms with van der Waals surface area (Å²) < 4.78 is 5.67. The van der Waals surface area contributed by atoms with Gasteiger partial charge in [0.2, 0.25) is 0 Å². The zero-order chi connectivity index (χ0) is 6.69. The summed E-state index contributed by atoms with van der Waals surface area (Å²) in [6.07, 6.45) is 3.14. The van der Waals surface area contributed by atoms with Crippen molar-refractivity contribution >= 4 is 8.60 Å². The molecule has 1 aromatic heterocycles. The van der Waals surface area contributed by atoms with E-state index < -0.39 is 8.60 Å². The first-order valence-electron chi connectivity index (χ1n) is 2.28. The molecule has 0 radical (unpaired) electrons. The third kappa shape index (κ3) is 2.01. The summed E-state index contributed by atoms with van der Waals surface area (Å²) in [6.45, 7) is 0. The van der Waals surface area contributed by atoms with E-state index in [1.165, 1.54) is 4.73 Å². The molecule has 1 rings (SSSR count). The van der Waals surface area contributed by atoms with E-state index in [2.05, 4.69) is 4.62 Å². The molecule has 0 unspecified atom stereocenters. The smallest absolute Gasteiger partial charge is 0.335 e. The Hall–Kier alpha value is -0.570. The quantitative estimate of drug-likeness (QED) is 0.584. The molecule has 50 valence electrons. The summed E-state index contributed by atoms with van der Waals surface area (Å²) in [5.74, 6) is 0. The van der Waals surface area contributed by atoms with Crippen LogP contribution in [0.15, 0.2) is 24.5 Å². The monoisotopic (exact) mass is 147 g/mol. The molecule has 0 atom stereocenters. The van der Waals surface area contributed by atoms with Crippen LogP contribution in [0.1, 0.15) is 0 Å². The van der Waals surface area contributed by atoms with Gasteiger partial charge >= 0.3 is 8.60 Å². The molecule has 0 spiro atoms. The van der Waals surface area contributed by atoms with Gasteiger partial charge in [0.05, 0.1) is 0 Å². The predicted octanol–water partition coefficient (Wildman–Crippen LogP) is 0.128. The van der Waals surface area contributed by atoms with Crippen molar-refractivity contribution in [2.45, 2.75) is 0 Å². The van der Waals surface area contributed by atoms with Gasteiger partial charge in [-0.3, -0.25) is 0 Å². The summed E-state index contributed by atoms with van der Waals surface area (Å²) in [4.78, 5) is 16.6. The second-order valence-corrected chi connectivity index (χ2v) is 2.05. The minimum atomic E-state index is -2.29. The van der Waals surface area contributed by atoms with Crippen LogP contribution in [0.5, 0.6) is 0 Å². The lowest BCUT2D eigenvalue weighted by atomic mass is 10.7. The molecular formula is C4H6NO3P. The van der Waals surface area contributed by atoms with E-state index in [1.807, 2.05) is 0 Å². The average Bonchev–Trinajstić information content (AvgIpc) is 2.15. The van der Waals surface area contributed by atoms with Gasteiger partial charge in [0.15, 0.2) is 0 Å². The van der Waals surface area contributed by atoms with Crippen molar-refractivity contribution in [1.82, 2.24) is 4.73 Å². The zero-order valence-electron chi connectivity index (χ0n) is 4.51. The molecule has 1 heterocycles. The number of rotatable bonds is 2. The number of nitrogens with zero attached hydrogens (tertiary/aromatic N) is 1. The molecule has 0 saturated carbocycles. The second kappa shape index (κ2) is 2.82. The maximum absolute atomic E-state index is 8.30. The van der Waals surface area contributed by atoms with Crippen molar-refractivity contribution in [3.8, 4) is 0 Å². The maximum atomic E-state index is 8.30. The fourth-order valence-electron chi connectivity index (χ4n) is 0.457. The maximum Gasteiger partial charge on any atom is 0.412 e. The first-order valence-corrected chi connectivity index (χ1v) is 3.45. The van der Waals surface area contributed by atoms with E-state index in [0.29, 0.717) is 0 Å². The highest BCUT2D eigenvalue weighted by molar-refractivity contribution is 7.39. The third-order valence-electron chi connectivity index (χ3n) is 0.744. The molecule has 0 saturated heterocycles. The molecule has 2 N–H and O–H groups in total. The SMILES string of the molecule is OP(O)On1cccc1. The molecule has 1 aromatic rings. The van der Waals surface area contributed by atoms with Gasteiger partial charge in [-0.25, -0.2) is 0 Å². The molecule has 9 heavy (non-hydrogen) atoms. The highest BCUT2D eigenvalue weighted by atomic mass is 31.2. The van der Waals surface area contributed by atoms with Crippen molar-refractivity contribution in [3.63, 3.8) is 0 Å². The van der Waals surface area contributed by atoms with Crippen LogP contribution < -0.4 is 4.62 Å². The first kappa shape index (κ1) is 6.55. The Morgan fingerprint density at radius 2 is 1.78 bits per heavy atom. The Labute approximate surface area is 53.3 Å². The van der Waals surface area contributed by atoms with Gasteiger partial charge < -0.3 is 14.4 Å². The number of hydrogen-bond donors (Lipinski definition) is 2. The van der Waals surface area contributed by atoms with Gasteiger partial charge in [-0.05, 0) is 12.1 Å². The fraction of sp³-hybridized carbons (Fsp3) is 0. The predicted molar refractivity (Wildman–Crippen MR) is 32.4 cm³/mol. The highest BCUT2D eigenvalue weighted by Crippen LogP contribution is 2.18. The summed E-state index contributed by atoms with van der Waals surface area (Å²) in [5.41, 5.74) is 0. The van der Waals surface area contributed by atoms with Gasteiger partial charge in [0.1, 0.15) is 0 Å². The lowest BCUT2D eigenvalue weighted by molar-refractivity contribution is 0.228. The van der Waals surface area contributed by atoms with E-state index in [4.69, 9.17) is 9.79 Å². The number of aromatic nitrogens is 1. The fourth-order valence-corrected chi connectivity index (χ4v) is 0.735. The molecule has 0 aliphatic rings. The minimum absolute atomic E-state index is 1.23. The van der Waals surface area contributed by atoms with E-state index in [1.54, 1.807) is 24.5 Å². The summed E-state index contributed by atoms with van der Waals surface area (Å²) in [6, 6.07) is 3.44. The first-order chi connectivity index (χ1) is 4.29. The zero-order valence-corrected chi connectivity index (χ0v) is 5.40. The van der Waals surface area contributed by atoms with Crippen molar-refractivity contribution in [2.24, 2.45) is 0 Å². The summed E-state index contributed by atoms with van der Waals surface area (Å²) >= 11 is 0.